The highest BCUT2D eigenvalue weighted by molar-refractivity contribution is 5.95. The maximum absolute atomic E-state index is 5.69. The van der Waals surface area contributed by atoms with Crippen LogP contribution in [0, 0.1) is 0 Å². The molecule has 0 aliphatic carbocycles. The van der Waals surface area contributed by atoms with Gasteiger partial charge in [-0.1, -0.05) is 0 Å². The molecule has 0 saturated carbocycles. The Bertz CT molecular complexity index is 362. The molecule has 0 amide bonds. The Morgan fingerprint density at radius 2 is 2.00 bits per heavy atom. The largest absolute Gasteiger partial charge is 0.401 e. The second-order valence-electron chi connectivity index (χ2n) is 2.86. The van der Waals surface area contributed by atoms with E-state index in [0.717, 1.165) is 0 Å². The van der Waals surface area contributed by atoms with E-state index in [1.165, 1.54) is 0 Å². The SMILES string of the molecule is C/C(N)=C(\C)N=C(N)c1cnccn1. The number of amidine groups is 1. The normalized spacial score (nSPS) is 13.7. The molecule has 0 radical (unpaired) electrons. The van der Waals surface area contributed by atoms with E-state index >= 15 is 0 Å². The van der Waals surface area contributed by atoms with Gasteiger partial charge in [0.15, 0.2) is 5.84 Å². The van der Waals surface area contributed by atoms with E-state index in [1.54, 1.807) is 32.4 Å². The average Bonchev–Trinajstić information content (AvgIpc) is 2.19. The van der Waals surface area contributed by atoms with Gasteiger partial charge in [-0.05, 0) is 13.8 Å². The highest BCUT2D eigenvalue weighted by Crippen LogP contribution is 2.00. The third-order valence-electron chi connectivity index (χ3n) is 1.68. The number of nitrogens with zero attached hydrogens (tertiary/aromatic N) is 3. The summed E-state index contributed by atoms with van der Waals surface area (Å²) < 4.78 is 0. The molecule has 1 aromatic rings. The van der Waals surface area contributed by atoms with Crippen LogP contribution in [0.4, 0.5) is 0 Å². The van der Waals surface area contributed by atoms with Crippen molar-refractivity contribution in [3.8, 4) is 0 Å². The molecule has 0 aromatic carbocycles. The highest BCUT2D eigenvalue weighted by atomic mass is 14.9. The summed E-state index contributed by atoms with van der Waals surface area (Å²) in [6.07, 6.45) is 4.69. The van der Waals surface area contributed by atoms with Crippen molar-refractivity contribution in [1.29, 1.82) is 0 Å². The standard InChI is InChI=1S/C9H13N5/c1-6(10)7(2)14-9(11)8-5-12-3-4-13-8/h3-5H,10H2,1-2H3,(H2,11,14)/b7-6-. The molecule has 5 nitrogen and oxygen atoms in total. The zero-order valence-electron chi connectivity index (χ0n) is 8.23. The first kappa shape index (κ1) is 10.2. The van der Waals surface area contributed by atoms with Crippen LogP contribution in [0.5, 0.6) is 0 Å². The van der Waals surface area contributed by atoms with Crippen molar-refractivity contribution in [2.24, 2.45) is 16.5 Å². The van der Waals surface area contributed by atoms with E-state index in [4.69, 9.17) is 11.5 Å². The molecule has 4 N–H and O–H groups in total. The third kappa shape index (κ3) is 2.55. The number of hydrogen-bond donors (Lipinski definition) is 2. The topological polar surface area (TPSA) is 90.2 Å². The van der Waals surface area contributed by atoms with Crippen LogP contribution >= 0.6 is 0 Å². The summed E-state index contributed by atoms with van der Waals surface area (Å²) >= 11 is 0. The molecule has 0 atom stereocenters. The Kier molecular flexibility index (Phi) is 3.17. The molecule has 0 saturated heterocycles. The summed E-state index contributed by atoms with van der Waals surface area (Å²) in [4.78, 5) is 12.0. The quantitative estimate of drug-likeness (QED) is 0.522. The number of hydrogen-bond acceptors (Lipinski definition) is 4. The molecule has 0 bridgehead atoms. The van der Waals surface area contributed by atoms with Gasteiger partial charge in [0.1, 0.15) is 5.69 Å². The Morgan fingerprint density at radius 1 is 1.29 bits per heavy atom. The molecule has 1 aromatic heterocycles. The third-order valence-corrected chi connectivity index (χ3v) is 1.68. The van der Waals surface area contributed by atoms with Gasteiger partial charge < -0.3 is 11.5 Å². The van der Waals surface area contributed by atoms with Crippen molar-refractivity contribution < 1.29 is 0 Å². The van der Waals surface area contributed by atoms with Crippen molar-refractivity contribution in [2.75, 3.05) is 0 Å². The molecule has 0 spiro atoms. The lowest BCUT2D eigenvalue weighted by atomic mass is 10.3. The zero-order valence-corrected chi connectivity index (χ0v) is 8.23. The highest BCUT2D eigenvalue weighted by Gasteiger charge is 1.99. The molecule has 0 aliphatic heterocycles. The van der Waals surface area contributed by atoms with E-state index < -0.39 is 0 Å². The van der Waals surface area contributed by atoms with Gasteiger partial charge in [0.25, 0.3) is 0 Å². The molecule has 74 valence electrons. The molecule has 14 heavy (non-hydrogen) atoms. The second kappa shape index (κ2) is 4.36. The number of allylic oxidation sites excluding steroid dienone is 2. The van der Waals surface area contributed by atoms with Crippen molar-refractivity contribution in [3.05, 3.63) is 35.7 Å². The smallest absolute Gasteiger partial charge is 0.151 e. The van der Waals surface area contributed by atoms with E-state index in [-0.39, 0.29) is 0 Å². The monoisotopic (exact) mass is 191 g/mol. The lowest BCUT2D eigenvalue weighted by Crippen LogP contribution is -2.15. The van der Waals surface area contributed by atoms with Crippen molar-refractivity contribution >= 4 is 5.84 Å². The summed E-state index contributed by atoms with van der Waals surface area (Å²) in [5.41, 5.74) is 13.1. The Balaban J connectivity index is 2.97. The fourth-order valence-corrected chi connectivity index (χ4v) is 0.757. The predicted molar refractivity (Wildman–Crippen MR) is 55.3 cm³/mol. The Morgan fingerprint density at radius 3 is 2.50 bits per heavy atom. The number of aliphatic imine (C=N–C) groups is 1. The van der Waals surface area contributed by atoms with Gasteiger partial charge in [-0.2, -0.15) is 0 Å². The van der Waals surface area contributed by atoms with Crippen LogP contribution in [-0.4, -0.2) is 15.8 Å². The zero-order chi connectivity index (χ0) is 10.6. The summed E-state index contributed by atoms with van der Waals surface area (Å²) in [6.45, 7) is 3.56. The Hall–Kier alpha value is -1.91. The van der Waals surface area contributed by atoms with E-state index in [1.807, 2.05) is 0 Å². The first-order valence-electron chi connectivity index (χ1n) is 4.14. The molecule has 1 rings (SSSR count). The predicted octanol–water partition coefficient (Wildman–Crippen LogP) is 0.392. The van der Waals surface area contributed by atoms with Crippen molar-refractivity contribution in [3.63, 3.8) is 0 Å². The minimum absolute atomic E-state index is 0.320. The number of aromatic nitrogens is 2. The summed E-state index contributed by atoms with van der Waals surface area (Å²) in [7, 11) is 0. The maximum atomic E-state index is 5.69. The van der Waals surface area contributed by atoms with Crippen LogP contribution in [0.1, 0.15) is 19.5 Å². The fourth-order valence-electron chi connectivity index (χ4n) is 0.757. The van der Waals surface area contributed by atoms with Gasteiger partial charge in [0.05, 0.1) is 11.9 Å². The van der Waals surface area contributed by atoms with Crippen LogP contribution in [0.15, 0.2) is 35.0 Å². The summed E-state index contributed by atoms with van der Waals surface area (Å²) in [5.74, 6) is 0.320. The maximum Gasteiger partial charge on any atom is 0.151 e. The fraction of sp³-hybridized carbons (Fsp3) is 0.222. The van der Waals surface area contributed by atoms with Gasteiger partial charge in [-0.3, -0.25) is 4.98 Å². The molecule has 0 unspecified atom stereocenters. The first-order valence-corrected chi connectivity index (χ1v) is 4.14. The van der Waals surface area contributed by atoms with Crippen LogP contribution in [-0.2, 0) is 0 Å². The van der Waals surface area contributed by atoms with Crippen molar-refractivity contribution in [1.82, 2.24) is 9.97 Å². The minimum Gasteiger partial charge on any atom is -0.401 e. The van der Waals surface area contributed by atoms with Gasteiger partial charge >= 0.3 is 0 Å². The second-order valence-corrected chi connectivity index (χ2v) is 2.86. The Labute approximate surface area is 82.6 Å². The molecular weight excluding hydrogens is 178 g/mol. The molecular formula is C9H13N5. The minimum atomic E-state index is 0.320. The van der Waals surface area contributed by atoms with Gasteiger partial charge in [-0.25, -0.2) is 9.98 Å². The first-order chi connectivity index (χ1) is 6.61. The number of rotatable bonds is 2. The van der Waals surface area contributed by atoms with E-state index in [2.05, 4.69) is 15.0 Å². The summed E-state index contributed by atoms with van der Waals surface area (Å²) in [5, 5.41) is 0. The molecule has 1 heterocycles. The van der Waals surface area contributed by atoms with E-state index in [9.17, 15) is 0 Å². The van der Waals surface area contributed by atoms with Crippen LogP contribution in [0.25, 0.3) is 0 Å². The lowest BCUT2D eigenvalue weighted by Gasteiger charge is -2.00. The van der Waals surface area contributed by atoms with Gasteiger partial charge in [-0.15, -0.1) is 0 Å². The van der Waals surface area contributed by atoms with Crippen molar-refractivity contribution in [2.45, 2.75) is 13.8 Å². The number of nitrogens with two attached hydrogens (primary N) is 2. The van der Waals surface area contributed by atoms with Crippen LogP contribution in [0.2, 0.25) is 0 Å². The lowest BCUT2D eigenvalue weighted by molar-refractivity contribution is 1.13. The summed E-state index contributed by atoms with van der Waals surface area (Å²) in [6, 6.07) is 0. The molecule has 0 fully saturated rings. The van der Waals surface area contributed by atoms with Crippen LogP contribution in [0.3, 0.4) is 0 Å². The van der Waals surface area contributed by atoms with Gasteiger partial charge in [0, 0.05) is 18.1 Å². The van der Waals surface area contributed by atoms with E-state index in [0.29, 0.717) is 22.9 Å². The van der Waals surface area contributed by atoms with Gasteiger partial charge in [0.2, 0.25) is 0 Å². The molecule has 5 heteroatoms. The molecule has 0 aliphatic rings. The average molecular weight is 191 g/mol. The van der Waals surface area contributed by atoms with Crippen LogP contribution < -0.4 is 11.5 Å².